The van der Waals surface area contributed by atoms with E-state index in [2.05, 4.69) is 15.0 Å². The van der Waals surface area contributed by atoms with Crippen LogP contribution in [0.5, 0.6) is 0 Å². The number of ether oxygens (including phenoxy) is 1. The average molecular weight is 463 g/mol. The van der Waals surface area contributed by atoms with Gasteiger partial charge in [-0.2, -0.15) is 0 Å². The topological polar surface area (TPSA) is 88.2 Å². The van der Waals surface area contributed by atoms with Crippen LogP contribution in [0, 0.1) is 0 Å². The highest BCUT2D eigenvalue weighted by molar-refractivity contribution is 7.17. The maximum Gasteiger partial charge on any atom is 0.410 e. The molecule has 170 valence electrons. The van der Waals surface area contributed by atoms with E-state index >= 15 is 0 Å². The van der Waals surface area contributed by atoms with Gasteiger partial charge in [0.15, 0.2) is 5.82 Å². The van der Waals surface area contributed by atoms with Crippen LogP contribution in [-0.4, -0.2) is 44.6 Å². The van der Waals surface area contributed by atoms with E-state index in [4.69, 9.17) is 4.74 Å². The normalized spacial score (nSPS) is 15.3. The summed E-state index contributed by atoms with van der Waals surface area (Å²) in [6.07, 6.45) is 3.21. The largest absolute Gasteiger partial charge is 0.444 e. The monoisotopic (exact) mass is 462 g/mol. The predicted molar refractivity (Wildman–Crippen MR) is 131 cm³/mol. The van der Waals surface area contributed by atoms with E-state index < -0.39 is 5.60 Å². The molecule has 1 N–H and O–H groups in total. The number of nitrogens with one attached hydrogen (secondary N) is 1. The second kappa shape index (κ2) is 8.26. The Balaban J connectivity index is 1.36. The van der Waals surface area contributed by atoms with Gasteiger partial charge in [-0.3, -0.25) is 9.78 Å². The van der Waals surface area contributed by atoms with Gasteiger partial charge in [0.05, 0.1) is 15.6 Å². The Morgan fingerprint density at radius 1 is 1.18 bits per heavy atom. The van der Waals surface area contributed by atoms with Crippen molar-refractivity contribution in [3.05, 3.63) is 57.8 Å². The molecule has 1 aliphatic rings. The van der Waals surface area contributed by atoms with Gasteiger partial charge in [-0.25, -0.2) is 9.78 Å². The smallest absolute Gasteiger partial charge is 0.410 e. The number of hydrogen-bond donors (Lipinski definition) is 1. The molecule has 1 aromatic carbocycles. The molecule has 1 fully saturated rings. The molecule has 5 rings (SSSR count). The third kappa shape index (κ3) is 4.48. The molecule has 0 radical (unpaired) electrons. The molecule has 0 unspecified atom stereocenters. The zero-order chi connectivity index (χ0) is 23.2. The van der Waals surface area contributed by atoms with Crippen LogP contribution >= 0.6 is 11.3 Å². The summed E-state index contributed by atoms with van der Waals surface area (Å²) in [7, 11) is 0. The molecular weight excluding hydrogens is 436 g/mol. The van der Waals surface area contributed by atoms with E-state index in [1.54, 1.807) is 16.2 Å². The Kier molecular flexibility index (Phi) is 5.40. The molecular formula is C25H26N4O3S. The summed E-state index contributed by atoms with van der Waals surface area (Å²) in [6.45, 7) is 6.91. The van der Waals surface area contributed by atoms with Crippen LogP contribution in [0.15, 0.2) is 46.7 Å². The molecule has 4 aromatic rings. The Bertz CT molecular complexity index is 1390. The highest BCUT2D eigenvalue weighted by Crippen LogP contribution is 2.30. The minimum atomic E-state index is -0.496. The first-order chi connectivity index (χ1) is 15.8. The summed E-state index contributed by atoms with van der Waals surface area (Å²) in [5, 5.41) is 3.68. The van der Waals surface area contributed by atoms with E-state index in [-0.39, 0.29) is 17.6 Å². The predicted octanol–water partition coefficient (Wildman–Crippen LogP) is 5.31. The van der Waals surface area contributed by atoms with Gasteiger partial charge in [0.2, 0.25) is 0 Å². The SMILES string of the molecule is CC(C)(C)OC(=O)N1CCC(c2ccc3nc(-c4cc5ccsc5cn4)[nH]c(=O)c3c2)CC1. The van der Waals surface area contributed by atoms with E-state index in [1.807, 2.05) is 62.7 Å². The molecule has 1 saturated heterocycles. The zero-order valence-corrected chi connectivity index (χ0v) is 19.7. The van der Waals surface area contributed by atoms with Crippen molar-refractivity contribution in [3.63, 3.8) is 0 Å². The number of piperidine rings is 1. The Labute approximate surface area is 195 Å². The first-order valence-electron chi connectivity index (χ1n) is 11.1. The lowest BCUT2D eigenvalue weighted by Gasteiger charge is -2.33. The standard InChI is InChI=1S/C25H26N4O3S/c1-25(2,3)32-24(31)29-9-6-15(7-10-29)16-4-5-19-18(12-16)23(30)28-22(27-19)20-13-17-8-11-33-21(17)14-26-20/h4-5,8,11-15H,6-7,9-10H2,1-3H3,(H,27,28,30). The number of carbonyl (C=O) groups is 1. The number of benzene rings is 1. The van der Waals surface area contributed by atoms with E-state index in [0.717, 1.165) is 28.5 Å². The van der Waals surface area contributed by atoms with Crippen molar-refractivity contribution >= 4 is 38.4 Å². The van der Waals surface area contributed by atoms with Crippen molar-refractivity contribution in [3.8, 4) is 11.5 Å². The summed E-state index contributed by atoms with van der Waals surface area (Å²) >= 11 is 1.63. The summed E-state index contributed by atoms with van der Waals surface area (Å²) in [5.41, 5.74) is 1.73. The maximum absolute atomic E-state index is 12.9. The zero-order valence-electron chi connectivity index (χ0n) is 18.9. The summed E-state index contributed by atoms with van der Waals surface area (Å²) in [5.74, 6) is 0.758. The second-order valence-corrected chi connectivity index (χ2v) is 10.4. The van der Waals surface area contributed by atoms with Crippen LogP contribution < -0.4 is 5.56 Å². The average Bonchev–Trinajstić information content (AvgIpc) is 3.26. The molecule has 7 nitrogen and oxygen atoms in total. The number of H-pyrrole nitrogens is 1. The summed E-state index contributed by atoms with van der Waals surface area (Å²) < 4.78 is 6.59. The molecule has 0 spiro atoms. The fourth-order valence-electron chi connectivity index (χ4n) is 4.25. The minimum absolute atomic E-state index is 0.171. The third-order valence-corrected chi connectivity index (χ3v) is 6.80. The van der Waals surface area contributed by atoms with Gasteiger partial charge in [-0.05, 0) is 80.1 Å². The Morgan fingerprint density at radius 3 is 2.73 bits per heavy atom. The van der Waals surface area contributed by atoms with Crippen LogP contribution in [0.2, 0.25) is 0 Å². The number of aromatic amines is 1. The van der Waals surface area contributed by atoms with Crippen molar-refractivity contribution in [2.75, 3.05) is 13.1 Å². The minimum Gasteiger partial charge on any atom is -0.444 e. The number of amides is 1. The van der Waals surface area contributed by atoms with Crippen molar-refractivity contribution < 1.29 is 9.53 Å². The Morgan fingerprint density at radius 2 is 1.97 bits per heavy atom. The summed E-state index contributed by atoms with van der Waals surface area (Å²) in [4.78, 5) is 39.0. The molecule has 8 heteroatoms. The fraction of sp³-hybridized carbons (Fsp3) is 0.360. The molecule has 3 aromatic heterocycles. The van der Waals surface area contributed by atoms with Gasteiger partial charge in [0, 0.05) is 19.3 Å². The van der Waals surface area contributed by atoms with Gasteiger partial charge in [0.1, 0.15) is 11.3 Å². The van der Waals surface area contributed by atoms with Crippen LogP contribution in [0.25, 0.3) is 32.5 Å². The van der Waals surface area contributed by atoms with E-state index in [9.17, 15) is 9.59 Å². The molecule has 1 aliphatic heterocycles. The van der Waals surface area contributed by atoms with Crippen molar-refractivity contribution in [1.82, 2.24) is 19.9 Å². The first kappa shape index (κ1) is 21.6. The number of rotatable bonds is 2. The molecule has 4 heterocycles. The number of hydrogen-bond acceptors (Lipinski definition) is 6. The number of aromatic nitrogens is 3. The number of nitrogens with zero attached hydrogens (tertiary/aromatic N) is 3. The van der Waals surface area contributed by atoms with Gasteiger partial charge in [0.25, 0.3) is 5.56 Å². The van der Waals surface area contributed by atoms with Gasteiger partial charge in [-0.15, -0.1) is 11.3 Å². The molecule has 0 saturated carbocycles. The maximum atomic E-state index is 12.9. The first-order valence-corrected chi connectivity index (χ1v) is 12.0. The highest BCUT2D eigenvalue weighted by Gasteiger charge is 2.27. The van der Waals surface area contributed by atoms with Crippen molar-refractivity contribution in [1.29, 1.82) is 0 Å². The quantitative estimate of drug-likeness (QED) is 0.436. The third-order valence-electron chi connectivity index (χ3n) is 5.93. The second-order valence-electron chi connectivity index (χ2n) is 9.46. The lowest BCUT2D eigenvalue weighted by atomic mass is 9.89. The molecule has 0 atom stereocenters. The van der Waals surface area contributed by atoms with Gasteiger partial charge in [-0.1, -0.05) is 6.07 Å². The molecule has 0 aliphatic carbocycles. The van der Waals surface area contributed by atoms with Crippen LogP contribution in [0.1, 0.15) is 45.1 Å². The number of fused-ring (bicyclic) bond motifs is 2. The molecule has 33 heavy (non-hydrogen) atoms. The Hall–Kier alpha value is -3.26. The number of carbonyl (C=O) groups excluding carboxylic acids is 1. The van der Waals surface area contributed by atoms with E-state index in [0.29, 0.717) is 35.5 Å². The fourth-order valence-corrected chi connectivity index (χ4v) is 4.99. The van der Waals surface area contributed by atoms with E-state index in [1.165, 1.54) is 0 Å². The molecule has 1 amide bonds. The van der Waals surface area contributed by atoms with Crippen LogP contribution in [0.4, 0.5) is 4.79 Å². The lowest BCUT2D eigenvalue weighted by molar-refractivity contribution is 0.0205. The molecule has 0 bridgehead atoms. The van der Waals surface area contributed by atoms with Crippen LogP contribution in [0.3, 0.4) is 0 Å². The van der Waals surface area contributed by atoms with Gasteiger partial charge < -0.3 is 14.6 Å². The lowest BCUT2D eigenvalue weighted by Crippen LogP contribution is -2.41. The summed E-state index contributed by atoms with van der Waals surface area (Å²) in [6, 6.07) is 9.87. The van der Waals surface area contributed by atoms with Gasteiger partial charge >= 0.3 is 6.09 Å². The highest BCUT2D eigenvalue weighted by atomic mass is 32.1. The number of likely N-dealkylation sites (tertiary alicyclic amines) is 1. The van der Waals surface area contributed by atoms with Crippen LogP contribution in [-0.2, 0) is 4.74 Å². The number of thiophene rings is 1. The number of pyridine rings is 1. The van der Waals surface area contributed by atoms with Crippen molar-refractivity contribution in [2.45, 2.75) is 45.1 Å². The van der Waals surface area contributed by atoms with Crippen molar-refractivity contribution in [2.24, 2.45) is 0 Å².